The predicted molar refractivity (Wildman–Crippen MR) is 113 cm³/mol. The first-order chi connectivity index (χ1) is 14.4. The summed E-state index contributed by atoms with van der Waals surface area (Å²) in [5, 5.41) is 5.16. The van der Waals surface area contributed by atoms with Gasteiger partial charge >= 0.3 is 0 Å². The maximum atomic E-state index is 13.3. The number of amides is 2. The van der Waals surface area contributed by atoms with Crippen LogP contribution in [0.4, 0.5) is 10.1 Å². The number of halogens is 2. The Hall–Kier alpha value is -3.26. The van der Waals surface area contributed by atoms with E-state index in [9.17, 15) is 18.8 Å². The standard InChI is InChI=1S/C21H20ClFN4O3/c1-2-24-19(28)10-9-17-21(30)27(18-6-4-3-5-16(18)26-17)12-20(29)25-13-7-8-15(23)14(22)11-13/h3-8,11H,2,9-10,12H2,1H3,(H,24,28)(H,25,29). The van der Waals surface area contributed by atoms with Crippen LogP contribution in [0.25, 0.3) is 11.0 Å². The first-order valence-electron chi connectivity index (χ1n) is 9.39. The molecule has 0 fully saturated rings. The second-order valence-electron chi connectivity index (χ2n) is 6.57. The van der Waals surface area contributed by atoms with Crippen LogP contribution in [0.5, 0.6) is 0 Å². The predicted octanol–water partition coefficient (Wildman–Crippen LogP) is 2.90. The molecule has 2 aromatic carbocycles. The van der Waals surface area contributed by atoms with Crippen molar-refractivity contribution in [2.75, 3.05) is 11.9 Å². The van der Waals surface area contributed by atoms with Crippen molar-refractivity contribution in [2.24, 2.45) is 0 Å². The summed E-state index contributed by atoms with van der Waals surface area (Å²) < 4.78 is 14.6. The molecule has 2 amide bonds. The molecule has 0 radical (unpaired) electrons. The van der Waals surface area contributed by atoms with Gasteiger partial charge in [0.2, 0.25) is 11.8 Å². The number of para-hydroxylation sites is 2. The third-order valence-corrected chi connectivity index (χ3v) is 4.68. The highest BCUT2D eigenvalue weighted by Gasteiger charge is 2.15. The molecular weight excluding hydrogens is 411 g/mol. The van der Waals surface area contributed by atoms with Gasteiger partial charge in [0.15, 0.2) is 0 Å². The lowest BCUT2D eigenvalue weighted by Gasteiger charge is -2.13. The van der Waals surface area contributed by atoms with Crippen molar-refractivity contribution in [1.29, 1.82) is 0 Å². The van der Waals surface area contributed by atoms with Crippen molar-refractivity contribution >= 4 is 40.1 Å². The molecule has 156 valence electrons. The number of anilines is 1. The lowest BCUT2D eigenvalue weighted by Crippen LogP contribution is -2.32. The Bertz CT molecular complexity index is 1160. The summed E-state index contributed by atoms with van der Waals surface area (Å²) in [5.41, 5.74) is 1.12. The molecule has 0 unspecified atom stereocenters. The zero-order valence-electron chi connectivity index (χ0n) is 16.2. The average Bonchev–Trinajstić information content (AvgIpc) is 2.72. The zero-order valence-corrected chi connectivity index (χ0v) is 17.0. The molecule has 3 aromatic rings. The Labute approximate surface area is 176 Å². The van der Waals surface area contributed by atoms with E-state index in [1.807, 2.05) is 6.92 Å². The van der Waals surface area contributed by atoms with Crippen molar-refractivity contribution < 1.29 is 14.0 Å². The number of aryl methyl sites for hydroxylation is 1. The van der Waals surface area contributed by atoms with Crippen LogP contribution in [-0.2, 0) is 22.6 Å². The molecule has 1 heterocycles. The fourth-order valence-electron chi connectivity index (χ4n) is 3.00. The van der Waals surface area contributed by atoms with Crippen LogP contribution in [-0.4, -0.2) is 27.9 Å². The van der Waals surface area contributed by atoms with Gasteiger partial charge in [0.05, 0.1) is 16.1 Å². The number of carbonyl (C=O) groups excluding carboxylic acids is 2. The highest BCUT2D eigenvalue weighted by atomic mass is 35.5. The van der Waals surface area contributed by atoms with Crippen LogP contribution in [0, 0.1) is 5.82 Å². The number of hydrogen-bond donors (Lipinski definition) is 2. The average molecular weight is 431 g/mol. The number of carbonyl (C=O) groups is 2. The van der Waals surface area contributed by atoms with E-state index in [-0.39, 0.29) is 36.0 Å². The third-order valence-electron chi connectivity index (χ3n) is 4.39. The van der Waals surface area contributed by atoms with E-state index in [1.54, 1.807) is 24.3 Å². The molecule has 0 aliphatic heterocycles. The van der Waals surface area contributed by atoms with E-state index in [0.29, 0.717) is 23.3 Å². The summed E-state index contributed by atoms with van der Waals surface area (Å²) >= 11 is 5.74. The van der Waals surface area contributed by atoms with Gasteiger partial charge in [-0.1, -0.05) is 23.7 Å². The molecule has 0 bridgehead atoms. The molecule has 3 rings (SSSR count). The van der Waals surface area contributed by atoms with Gasteiger partial charge in [0, 0.05) is 25.1 Å². The Balaban J connectivity index is 1.88. The van der Waals surface area contributed by atoms with Crippen molar-refractivity contribution in [3.63, 3.8) is 0 Å². The first kappa shape index (κ1) is 21.4. The molecular formula is C21H20ClFN4O3. The van der Waals surface area contributed by atoms with Gasteiger partial charge in [-0.2, -0.15) is 0 Å². The molecule has 0 spiro atoms. The molecule has 0 aliphatic rings. The highest BCUT2D eigenvalue weighted by molar-refractivity contribution is 6.31. The SMILES string of the molecule is CCNC(=O)CCc1nc2ccccc2n(CC(=O)Nc2ccc(F)c(Cl)c2)c1=O. The molecule has 0 saturated heterocycles. The van der Waals surface area contributed by atoms with Crippen molar-refractivity contribution in [1.82, 2.24) is 14.9 Å². The van der Waals surface area contributed by atoms with Gasteiger partial charge in [-0.15, -0.1) is 0 Å². The molecule has 0 saturated carbocycles. The van der Waals surface area contributed by atoms with Gasteiger partial charge in [0.25, 0.3) is 5.56 Å². The highest BCUT2D eigenvalue weighted by Crippen LogP contribution is 2.19. The smallest absolute Gasteiger partial charge is 0.273 e. The van der Waals surface area contributed by atoms with Crippen molar-refractivity contribution in [2.45, 2.75) is 26.3 Å². The minimum atomic E-state index is -0.595. The maximum absolute atomic E-state index is 13.3. The second kappa shape index (κ2) is 9.49. The van der Waals surface area contributed by atoms with Gasteiger partial charge in [0.1, 0.15) is 18.1 Å². The van der Waals surface area contributed by atoms with E-state index in [0.717, 1.165) is 6.07 Å². The van der Waals surface area contributed by atoms with Gasteiger partial charge in [-0.25, -0.2) is 9.37 Å². The monoisotopic (exact) mass is 430 g/mol. The summed E-state index contributed by atoms with van der Waals surface area (Å²) in [6.45, 7) is 2.04. The van der Waals surface area contributed by atoms with E-state index in [4.69, 9.17) is 11.6 Å². The normalized spacial score (nSPS) is 10.8. The fraction of sp³-hybridized carbons (Fsp3) is 0.238. The van der Waals surface area contributed by atoms with Gasteiger partial charge in [-0.3, -0.25) is 19.0 Å². The minimum Gasteiger partial charge on any atom is -0.356 e. The third kappa shape index (κ3) is 5.01. The van der Waals surface area contributed by atoms with Crippen molar-refractivity contribution in [3.05, 3.63) is 69.4 Å². The second-order valence-corrected chi connectivity index (χ2v) is 6.98. The summed E-state index contributed by atoms with van der Waals surface area (Å²) in [7, 11) is 0. The number of hydrogen-bond acceptors (Lipinski definition) is 4. The molecule has 7 nitrogen and oxygen atoms in total. The number of nitrogens with one attached hydrogen (secondary N) is 2. The summed E-state index contributed by atoms with van der Waals surface area (Å²) in [6, 6.07) is 10.8. The van der Waals surface area contributed by atoms with E-state index in [2.05, 4.69) is 15.6 Å². The van der Waals surface area contributed by atoms with Crippen molar-refractivity contribution in [3.8, 4) is 0 Å². The van der Waals surface area contributed by atoms with Gasteiger partial charge < -0.3 is 10.6 Å². The lowest BCUT2D eigenvalue weighted by atomic mass is 10.2. The van der Waals surface area contributed by atoms with Gasteiger partial charge in [-0.05, 0) is 37.3 Å². The largest absolute Gasteiger partial charge is 0.356 e. The fourth-order valence-corrected chi connectivity index (χ4v) is 3.18. The van der Waals surface area contributed by atoms with Crippen LogP contribution >= 0.6 is 11.6 Å². The Morgan fingerprint density at radius 2 is 1.93 bits per heavy atom. The summed E-state index contributed by atoms with van der Waals surface area (Å²) in [5.74, 6) is -1.25. The van der Waals surface area contributed by atoms with E-state index < -0.39 is 17.3 Å². The topological polar surface area (TPSA) is 93.1 Å². The van der Waals surface area contributed by atoms with Crippen LogP contribution in [0.1, 0.15) is 19.0 Å². The quantitative estimate of drug-likeness (QED) is 0.602. The number of rotatable bonds is 7. The van der Waals surface area contributed by atoms with Crippen LogP contribution < -0.4 is 16.2 Å². The molecule has 1 aromatic heterocycles. The Morgan fingerprint density at radius 3 is 2.67 bits per heavy atom. The molecule has 0 atom stereocenters. The first-order valence-corrected chi connectivity index (χ1v) is 9.77. The van der Waals surface area contributed by atoms with Crippen LogP contribution in [0.3, 0.4) is 0 Å². The lowest BCUT2D eigenvalue weighted by molar-refractivity contribution is -0.121. The molecule has 30 heavy (non-hydrogen) atoms. The number of fused-ring (bicyclic) bond motifs is 1. The maximum Gasteiger partial charge on any atom is 0.273 e. The van der Waals surface area contributed by atoms with E-state index in [1.165, 1.54) is 16.7 Å². The summed E-state index contributed by atoms with van der Waals surface area (Å²) in [6.07, 6.45) is 0.277. The Kier molecular flexibility index (Phi) is 6.79. The molecule has 0 aliphatic carbocycles. The minimum absolute atomic E-state index is 0.119. The van der Waals surface area contributed by atoms with Crippen LogP contribution in [0.15, 0.2) is 47.3 Å². The Morgan fingerprint density at radius 1 is 1.17 bits per heavy atom. The number of benzene rings is 2. The zero-order chi connectivity index (χ0) is 21.7. The van der Waals surface area contributed by atoms with Crippen LogP contribution in [0.2, 0.25) is 5.02 Å². The molecule has 2 N–H and O–H groups in total. The van der Waals surface area contributed by atoms with E-state index >= 15 is 0 Å². The number of aromatic nitrogens is 2. The summed E-state index contributed by atoms with van der Waals surface area (Å²) in [4.78, 5) is 41.6. The number of nitrogens with zero attached hydrogens (tertiary/aromatic N) is 2. The molecule has 9 heteroatoms.